The van der Waals surface area contributed by atoms with E-state index in [-0.39, 0.29) is 29.7 Å². The summed E-state index contributed by atoms with van der Waals surface area (Å²) in [5.74, 6) is 1.92. The molecule has 2 N–H and O–H groups in total. The lowest BCUT2D eigenvalue weighted by Crippen LogP contribution is -2.37. The lowest BCUT2D eigenvalue weighted by atomic mass is 10.1. The molecule has 2 aromatic carbocycles. The molecule has 7 nitrogen and oxygen atoms in total. The van der Waals surface area contributed by atoms with Crippen LogP contribution in [-0.4, -0.2) is 36.3 Å². The Morgan fingerprint density at radius 2 is 1.88 bits per heavy atom. The first-order valence-electron chi connectivity index (χ1n) is 9.98. The van der Waals surface area contributed by atoms with Crippen molar-refractivity contribution in [3.63, 3.8) is 0 Å². The molecule has 0 bridgehead atoms. The summed E-state index contributed by atoms with van der Waals surface area (Å²) in [5, 5.41) is 10.2. The third kappa shape index (κ3) is 7.43. The smallest absolute Gasteiger partial charge is 0.387 e. The van der Waals surface area contributed by atoms with Crippen molar-refractivity contribution in [3.05, 3.63) is 65.5 Å². The summed E-state index contributed by atoms with van der Waals surface area (Å²) in [6.07, 6.45) is 1.50. The van der Waals surface area contributed by atoms with Crippen LogP contribution in [0.3, 0.4) is 0 Å². The summed E-state index contributed by atoms with van der Waals surface area (Å²) in [5.41, 5.74) is 2.64. The molecule has 0 aliphatic heterocycles. The first-order valence-corrected chi connectivity index (χ1v) is 9.98. The van der Waals surface area contributed by atoms with E-state index in [9.17, 15) is 8.78 Å². The van der Waals surface area contributed by atoms with Gasteiger partial charge in [0.2, 0.25) is 0 Å². The molecule has 10 heteroatoms. The van der Waals surface area contributed by atoms with Crippen molar-refractivity contribution in [2.75, 3.05) is 13.6 Å². The second-order valence-corrected chi connectivity index (χ2v) is 6.66. The molecule has 0 fully saturated rings. The second-order valence-electron chi connectivity index (χ2n) is 6.66. The van der Waals surface area contributed by atoms with Crippen LogP contribution in [-0.2, 0) is 19.4 Å². The van der Waals surface area contributed by atoms with Crippen LogP contribution in [0, 0.1) is 0 Å². The lowest BCUT2D eigenvalue weighted by molar-refractivity contribution is -0.0504. The van der Waals surface area contributed by atoms with Gasteiger partial charge in [-0.3, -0.25) is 4.99 Å². The maximum atomic E-state index is 12.5. The molecule has 32 heavy (non-hydrogen) atoms. The lowest BCUT2D eigenvalue weighted by Gasteiger charge is -2.14. The van der Waals surface area contributed by atoms with E-state index in [1.807, 2.05) is 31.2 Å². The summed E-state index contributed by atoms with van der Waals surface area (Å²) < 4.78 is 34.9. The van der Waals surface area contributed by atoms with Crippen LogP contribution in [0.4, 0.5) is 8.78 Å². The summed E-state index contributed by atoms with van der Waals surface area (Å²) in [6, 6.07) is 14.6. The topological polar surface area (TPSA) is 84.6 Å². The Bertz CT molecular complexity index is 996. The molecule has 3 aromatic rings. The van der Waals surface area contributed by atoms with E-state index >= 15 is 0 Å². The molecule has 0 saturated heterocycles. The highest BCUT2D eigenvalue weighted by Crippen LogP contribution is 2.20. The maximum absolute atomic E-state index is 12.5. The number of benzene rings is 2. The molecule has 0 spiro atoms. The van der Waals surface area contributed by atoms with Crippen molar-refractivity contribution in [2.45, 2.75) is 32.9 Å². The molecular weight excluding hydrogens is 531 g/mol. The quantitative estimate of drug-likeness (QED) is 0.230. The van der Waals surface area contributed by atoms with Crippen LogP contribution >= 0.6 is 24.0 Å². The molecule has 0 amide bonds. The minimum absolute atomic E-state index is 0. The Labute approximate surface area is 202 Å². The van der Waals surface area contributed by atoms with Crippen LogP contribution in [0.2, 0.25) is 0 Å². The second kappa shape index (κ2) is 12.9. The summed E-state index contributed by atoms with van der Waals surface area (Å²) in [4.78, 5) is 8.49. The predicted molar refractivity (Wildman–Crippen MR) is 130 cm³/mol. The van der Waals surface area contributed by atoms with Crippen molar-refractivity contribution in [1.29, 1.82) is 0 Å². The first-order chi connectivity index (χ1) is 15.1. The molecule has 0 radical (unpaired) electrons. The minimum Gasteiger partial charge on any atom is -0.434 e. The van der Waals surface area contributed by atoms with E-state index in [4.69, 9.17) is 4.52 Å². The number of halogens is 3. The van der Waals surface area contributed by atoms with Crippen molar-refractivity contribution in [3.8, 4) is 17.2 Å². The minimum atomic E-state index is -2.86. The SMILES string of the molecule is CCc1noc(-c2ccc(CCNC(=NC)NCc3ccccc3OC(F)F)cc2)n1.I. The molecule has 1 aromatic heterocycles. The van der Waals surface area contributed by atoms with Gasteiger partial charge in [0.25, 0.3) is 5.89 Å². The van der Waals surface area contributed by atoms with Gasteiger partial charge in [0.05, 0.1) is 0 Å². The third-order valence-corrected chi connectivity index (χ3v) is 4.55. The number of hydrogen-bond acceptors (Lipinski definition) is 5. The zero-order chi connectivity index (χ0) is 22.1. The van der Waals surface area contributed by atoms with Crippen molar-refractivity contribution in [2.24, 2.45) is 4.99 Å². The Kier molecular flexibility index (Phi) is 10.3. The number of nitrogens with one attached hydrogen (secondary N) is 2. The van der Waals surface area contributed by atoms with Gasteiger partial charge in [-0.05, 0) is 30.2 Å². The number of ether oxygens (including phenoxy) is 1. The highest BCUT2D eigenvalue weighted by atomic mass is 127. The average Bonchev–Trinajstić information content (AvgIpc) is 3.26. The molecule has 3 rings (SSSR count). The van der Waals surface area contributed by atoms with Crippen LogP contribution in [0.15, 0.2) is 58.0 Å². The van der Waals surface area contributed by atoms with E-state index in [0.29, 0.717) is 36.3 Å². The monoisotopic (exact) mass is 557 g/mol. The Balaban J connectivity index is 0.00000363. The van der Waals surface area contributed by atoms with E-state index in [1.165, 1.54) is 6.07 Å². The number of alkyl halides is 2. The number of aryl methyl sites for hydroxylation is 1. The highest BCUT2D eigenvalue weighted by molar-refractivity contribution is 14.0. The van der Waals surface area contributed by atoms with Gasteiger partial charge in [0.1, 0.15) is 5.75 Å². The van der Waals surface area contributed by atoms with E-state index < -0.39 is 6.61 Å². The van der Waals surface area contributed by atoms with Gasteiger partial charge in [0.15, 0.2) is 11.8 Å². The van der Waals surface area contributed by atoms with Gasteiger partial charge in [-0.2, -0.15) is 13.8 Å². The summed E-state index contributed by atoms with van der Waals surface area (Å²) in [6.45, 7) is 0.0674. The normalized spacial score (nSPS) is 11.2. The van der Waals surface area contributed by atoms with E-state index in [2.05, 4.69) is 30.5 Å². The highest BCUT2D eigenvalue weighted by Gasteiger charge is 2.10. The van der Waals surface area contributed by atoms with Gasteiger partial charge in [-0.25, -0.2) is 0 Å². The number of nitrogens with zero attached hydrogens (tertiary/aromatic N) is 3. The summed E-state index contributed by atoms with van der Waals surface area (Å²) >= 11 is 0. The fraction of sp³-hybridized carbons (Fsp3) is 0.318. The van der Waals surface area contributed by atoms with Gasteiger partial charge in [-0.15, -0.1) is 24.0 Å². The molecule has 0 atom stereocenters. The number of aromatic nitrogens is 2. The maximum Gasteiger partial charge on any atom is 0.387 e. The molecular formula is C22H26F2IN5O2. The molecule has 0 unspecified atom stereocenters. The molecule has 0 saturated carbocycles. The van der Waals surface area contributed by atoms with Crippen molar-refractivity contribution >= 4 is 29.9 Å². The van der Waals surface area contributed by atoms with Crippen LogP contribution < -0.4 is 15.4 Å². The molecule has 0 aliphatic rings. The third-order valence-electron chi connectivity index (χ3n) is 4.55. The van der Waals surface area contributed by atoms with Crippen molar-refractivity contribution < 1.29 is 18.0 Å². The average molecular weight is 557 g/mol. The molecule has 172 valence electrons. The van der Waals surface area contributed by atoms with Gasteiger partial charge < -0.3 is 19.9 Å². The number of rotatable bonds is 9. The largest absolute Gasteiger partial charge is 0.434 e. The Morgan fingerprint density at radius 3 is 2.53 bits per heavy atom. The number of aliphatic imine (C=N–C) groups is 1. The van der Waals surface area contributed by atoms with Gasteiger partial charge in [0, 0.05) is 37.7 Å². The predicted octanol–water partition coefficient (Wildman–Crippen LogP) is 4.43. The van der Waals surface area contributed by atoms with E-state index in [0.717, 1.165) is 24.0 Å². The van der Waals surface area contributed by atoms with Gasteiger partial charge in [-0.1, -0.05) is 42.4 Å². The fourth-order valence-electron chi connectivity index (χ4n) is 2.91. The van der Waals surface area contributed by atoms with Crippen LogP contribution in [0.1, 0.15) is 23.9 Å². The number of guanidine groups is 1. The summed E-state index contributed by atoms with van der Waals surface area (Å²) in [7, 11) is 1.65. The Morgan fingerprint density at radius 1 is 1.12 bits per heavy atom. The zero-order valence-electron chi connectivity index (χ0n) is 17.8. The molecule has 0 aliphatic carbocycles. The molecule has 1 heterocycles. The number of hydrogen-bond donors (Lipinski definition) is 2. The van der Waals surface area contributed by atoms with E-state index in [1.54, 1.807) is 25.2 Å². The van der Waals surface area contributed by atoms with Crippen LogP contribution in [0.25, 0.3) is 11.5 Å². The number of para-hydroxylation sites is 1. The Hall–Kier alpha value is -2.76. The zero-order valence-corrected chi connectivity index (χ0v) is 20.2. The first kappa shape index (κ1) is 25.5. The van der Waals surface area contributed by atoms with Crippen molar-refractivity contribution in [1.82, 2.24) is 20.8 Å². The van der Waals surface area contributed by atoms with Gasteiger partial charge >= 0.3 is 6.61 Å². The standard InChI is InChI=1S/C22H25F2N5O2.HI/c1-3-19-28-20(31-29-19)16-10-8-15(9-11-16)12-13-26-22(25-2)27-14-17-6-4-5-7-18(17)30-21(23)24;/h4-11,21H,3,12-14H2,1-2H3,(H2,25,26,27);1H. The van der Waals surface area contributed by atoms with Crippen LogP contribution in [0.5, 0.6) is 5.75 Å². The fourth-order valence-corrected chi connectivity index (χ4v) is 2.91.